The fourth-order valence-corrected chi connectivity index (χ4v) is 7.02. The Labute approximate surface area is 130 Å². The Morgan fingerprint density at radius 2 is 0.619 bits per heavy atom. The van der Waals surface area contributed by atoms with Crippen molar-refractivity contribution in [2.75, 3.05) is 0 Å². The van der Waals surface area contributed by atoms with Crippen molar-refractivity contribution in [2.45, 2.75) is 0 Å². The summed E-state index contributed by atoms with van der Waals surface area (Å²) in [5, 5.41) is 0. The molecule has 0 radical (unpaired) electrons. The van der Waals surface area contributed by atoms with Gasteiger partial charge in [0.05, 0.1) is 0 Å². The van der Waals surface area contributed by atoms with Crippen molar-refractivity contribution >= 4 is 27.7 Å². The summed E-state index contributed by atoms with van der Waals surface area (Å²) in [5.41, 5.74) is 0. The van der Waals surface area contributed by atoms with Crippen LogP contribution in [0.2, 0.25) is 0 Å². The molecule has 3 aromatic rings. The maximum atomic E-state index is 2.26. The second-order valence-electron chi connectivity index (χ2n) is 4.34. The van der Waals surface area contributed by atoms with Crippen LogP contribution in [0.15, 0.2) is 91.0 Å². The SMILES string of the molecule is O.O.c1ccc([As](c2ccccc2)c2ccccc2)cc1. The third-order valence-corrected chi connectivity index (χ3v) is 8.17. The van der Waals surface area contributed by atoms with E-state index in [-0.39, 0.29) is 11.0 Å². The van der Waals surface area contributed by atoms with E-state index >= 15 is 0 Å². The van der Waals surface area contributed by atoms with E-state index in [1.54, 1.807) is 0 Å². The first kappa shape index (κ1) is 17.2. The standard InChI is InChI=1S/C18H15As.2H2O/c1-4-10-16(11-5-1)19(17-12-6-2-7-13-17)18-14-8-3-9-15-18;;/h1-15H;2*1H2. The van der Waals surface area contributed by atoms with Crippen molar-refractivity contribution in [1.29, 1.82) is 0 Å². The molecule has 2 nitrogen and oxygen atoms in total. The molecule has 0 aliphatic heterocycles. The molecule has 0 saturated carbocycles. The molecule has 0 aromatic heterocycles. The Kier molecular flexibility index (Phi) is 6.90. The summed E-state index contributed by atoms with van der Waals surface area (Å²) in [6, 6.07) is 32.7. The Balaban J connectivity index is 0.00000110. The van der Waals surface area contributed by atoms with Gasteiger partial charge in [-0.15, -0.1) is 0 Å². The summed E-state index contributed by atoms with van der Waals surface area (Å²) in [5.74, 6) is 0. The molecule has 3 aromatic carbocycles. The third-order valence-electron chi connectivity index (χ3n) is 3.04. The van der Waals surface area contributed by atoms with Crippen LogP contribution in [0.4, 0.5) is 0 Å². The molecule has 0 spiro atoms. The zero-order valence-electron chi connectivity index (χ0n) is 11.6. The molecule has 3 heteroatoms. The van der Waals surface area contributed by atoms with Crippen LogP contribution in [0.5, 0.6) is 0 Å². The molecular weight excluding hydrogens is 323 g/mol. The molecule has 0 unspecified atom stereocenters. The molecule has 108 valence electrons. The van der Waals surface area contributed by atoms with Gasteiger partial charge in [-0.05, 0) is 0 Å². The predicted molar refractivity (Wildman–Crippen MR) is 91.2 cm³/mol. The summed E-state index contributed by atoms with van der Waals surface area (Å²) >= 11 is -1.39. The molecule has 3 rings (SSSR count). The molecule has 4 N–H and O–H groups in total. The Bertz CT molecular complexity index is 533. The normalized spacial score (nSPS) is 9.57. The Hall–Kier alpha value is -1.86. The zero-order valence-corrected chi connectivity index (χ0v) is 13.5. The van der Waals surface area contributed by atoms with E-state index in [1.165, 1.54) is 13.1 Å². The monoisotopic (exact) mass is 342 g/mol. The van der Waals surface area contributed by atoms with Crippen molar-refractivity contribution < 1.29 is 11.0 Å². The van der Waals surface area contributed by atoms with Crippen molar-refractivity contribution in [3.05, 3.63) is 91.0 Å². The summed E-state index contributed by atoms with van der Waals surface area (Å²) < 4.78 is 4.44. The second kappa shape index (κ2) is 8.43. The molecule has 0 fully saturated rings. The van der Waals surface area contributed by atoms with Crippen molar-refractivity contribution in [3.8, 4) is 0 Å². The van der Waals surface area contributed by atoms with Crippen LogP contribution in [-0.2, 0) is 0 Å². The number of benzene rings is 3. The summed E-state index contributed by atoms with van der Waals surface area (Å²) in [7, 11) is 0. The molecule has 0 saturated heterocycles. The number of rotatable bonds is 3. The van der Waals surface area contributed by atoms with E-state index in [1.807, 2.05) is 0 Å². The van der Waals surface area contributed by atoms with E-state index < -0.39 is 14.7 Å². The minimum atomic E-state index is -1.39. The molecule has 0 aliphatic rings. The van der Waals surface area contributed by atoms with E-state index in [9.17, 15) is 0 Å². The van der Waals surface area contributed by atoms with Gasteiger partial charge in [-0.25, -0.2) is 0 Å². The van der Waals surface area contributed by atoms with Gasteiger partial charge in [0.2, 0.25) is 0 Å². The summed E-state index contributed by atoms with van der Waals surface area (Å²) in [6.07, 6.45) is 0. The van der Waals surface area contributed by atoms with Gasteiger partial charge in [0, 0.05) is 0 Å². The van der Waals surface area contributed by atoms with Crippen LogP contribution < -0.4 is 13.1 Å². The average molecular weight is 342 g/mol. The minimum absolute atomic E-state index is 0. The quantitative estimate of drug-likeness (QED) is 0.625. The van der Waals surface area contributed by atoms with Crippen LogP contribution in [0.3, 0.4) is 0 Å². The van der Waals surface area contributed by atoms with Gasteiger partial charge in [0.15, 0.2) is 0 Å². The van der Waals surface area contributed by atoms with Gasteiger partial charge >= 0.3 is 119 Å². The molecule has 21 heavy (non-hydrogen) atoms. The van der Waals surface area contributed by atoms with Crippen molar-refractivity contribution in [2.24, 2.45) is 0 Å². The molecule has 0 atom stereocenters. The van der Waals surface area contributed by atoms with Gasteiger partial charge in [-0.1, -0.05) is 0 Å². The average Bonchev–Trinajstić information content (AvgIpc) is 2.51. The van der Waals surface area contributed by atoms with Gasteiger partial charge in [0.1, 0.15) is 0 Å². The predicted octanol–water partition coefficient (Wildman–Crippen LogP) is 0.553. The molecule has 0 bridgehead atoms. The van der Waals surface area contributed by atoms with Crippen LogP contribution in [0, 0.1) is 0 Å². The van der Waals surface area contributed by atoms with Crippen LogP contribution in [0.25, 0.3) is 0 Å². The number of hydrogen-bond acceptors (Lipinski definition) is 0. The van der Waals surface area contributed by atoms with Gasteiger partial charge < -0.3 is 11.0 Å². The van der Waals surface area contributed by atoms with Gasteiger partial charge in [-0.3, -0.25) is 0 Å². The zero-order chi connectivity index (χ0) is 12.9. The topological polar surface area (TPSA) is 63.0 Å². The Morgan fingerprint density at radius 1 is 0.381 bits per heavy atom. The van der Waals surface area contributed by atoms with Crippen molar-refractivity contribution in [3.63, 3.8) is 0 Å². The van der Waals surface area contributed by atoms with Crippen LogP contribution >= 0.6 is 0 Å². The molecule has 0 aliphatic carbocycles. The maximum absolute atomic E-state index is 2.26. The first-order valence-electron chi connectivity index (χ1n) is 6.40. The van der Waals surface area contributed by atoms with E-state index in [4.69, 9.17) is 0 Å². The fraction of sp³-hybridized carbons (Fsp3) is 0. The molecule has 0 heterocycles. The van der Waals surface area contributed by atoms with E-state index in [2.05, 4.69) is 91.0 Å². The van der Waals surface area contributed by atoms with Gasteiger partial charge in [-0.2, -0.15) is 0 Å². The Morgan fingerprint density at radius 3 is 0.857 bits per heavy atom. The first-order valence-corrected chi connectivity index (χ1v) is 9.22. The van der Waals surface area contributed by atoms with Crippen LogP contribution in [0.1, 0.15) is 0 Å². The van der Waals surface area contributed by atoms with Crippen LogP contribution in [-0.4, -0.2) is 25.6 Å². The van der Waals surface area contributed by atoms with E-state index in [0.29, 0.717) is 0 Å². The van der Waals surface area contributed by atoms with Gasteiger partial charge in [0.25, 0.3) is 0 Å². The molecule has 0 amide bonds. The van der Waals surface area contributed by atoms with E-state index in [0.717, 1.165) is 0 Å². The van der Waals surface area contributed by atoms with Crippen molar-refractivity contribution in [1.82, 2.24) is 0 Å². The first-order chi connectivity index (χ1) is 9.45. The second-order valence-corrected chi connectivity index (χ2v) is 9.00. The molecular formula is C18H19AsO2. The third kappa shape index (κ3) is 4.05. The fourth-order valence-electron chi connectivity index (χ4n) is 2.18. The number of hydrogen-bond donors (Lipinski definition) is 0. The summed E-state index contributed by atoms with van der Waals surface area (Å²) in [4.78, 5) is 0. The summed E-state index contributed by atoms with van der Waals surface area (Å²) in [6.45, 7) is 0.